The van der Waals surface area contributed by atoms with E-state index in [2.05, 4.69) is 105 Å². The minimum absolute atomic E-state index is 0.718. The number of aromatic amines is 4. The molecule has 6 aromatic heterocycles. The van der Waals surface area contributed by atoms with Crippen LogP contribution in [0.5, 0.6) is 0 Å². The fourth-order valence-electron chi connectivity index (χ4n) is 8.07. The Morgan fingerprint density at radius 3 is 2.13 bits per heavy atom. The van der Waals surface area contributed by atoms with Crippen LogP contribution in [0.25, 0.3) is 121 Å². The summed E-state index contributed by atoms with van der Waals surface area (Å²) in [5.74, 6) is 1.47. The van der Waals surface area contributed by atoms with Gasteiger partial charge in [0.15, 0.2) is 0 Å². The van der Waals surface area contributed by atoms with Gasteiger partial charge in [0.05, 0.1) is 27.6 Å². The summed E-state index contributed by atoms with van der Waals surface area (Å²) in [7, 11) is 0. The molecule has 0 fully saturated rings. The molecule has 6 aromatic carbocycles. The second kappa shape index (κ2) is 11.1. The molecule has 9 heteroatoms. The average molecular weight is 714 g/mol. The third-order valence-corrected chi connectivity index (χ3v) is 11.6. The fourth-order valence-corrected chi connectivity index (χ4v) is 9.19. The molecule has 54 heavy (non-hydrogen) atoms. The molecule has 0 amide bonds. The van der Waals surface area contributed by atoms with Crippen molar-refractivity contribution in [3.05, 3.63) is 140 Å². The number of thiophene rings is 1. The summed E-state index contributed by atoms with van der Waals surface area (Å²) in [5.41, 5.74) is 11.7. The standard InChI is InChI=1S/C45H27N7OS/c1-5-15-28-24(11-1)21-32(46-28)37-39(36-23-26-13-3-10-20-35(26)54-36)38(34-22-25-12-2-9-19-33(25)53-34)43-41(40(37)45-47-30-17-7-8-18-31(30)48-45)44(52-51-43)42-27-14-4-6-16-29(27)49-50-42/h1-23,46H,(H,47,48)(H,49,50)(H,51,52). The second-order valence-corrected chi connectivity index (χ2v) is 14.7. The lowest BCUT2D eigenvalue weighted by Crippen LogP contribution is -1.97. The molecule has 8 nitrogen and oxygen atoms in total. The van der Waals surface area contributed by atoms with E-state index in [1.807, 2.05) is 54.6 Å². The Balaban J connectivity index is 1.33. The van der Waals surface area contributed by atoms with Crippen molar-refractivity contribution in [3.63, 3.8) is 0 Å². The summed E-state index contributed by atoms with van der Waals surface area (Å²) in [6.45, 7) is 0. The number of furan rings is 1. The number of hydrogen-bond donors (Lipinski definition) is 4. The molecule has 12 aromatic rings. The van der Waals surface area contributed by atoms with Gasteiger partial charge in [-0.1, -0.05) is 84.9 Å². The number of hydrogen-bond acceptors (Lipinski definition) is 5. The molecule has 0 aliphatic rings. The summed E-state index contributed by atoms with van der Waals surface area (Å²) >= 11 is 1.77. The molecule has 0 aliphatic carbocycles. The van der Waals surface area contributed by atoms with Gasteiger partial charge in [0.2, 0.25) is 0 Å². The fraction of sp³-hybridized carbons (Fsp3) is 0. The SMILES string of the molecule is c1ccc2[nH]c(-c3c(-c4cc5ccccc5s4)c(-c4cc5ccccc5o4)c4[nH]nc(-c5n[nH]c6ccccc56)c4c3-c3nc4ccccc4[nH]3)cc2c1. The number of rotatable bonds is 5. The molecule has 0 spiro atoms. The van der Waals surface area contributed by atoms with Crippen LogP contribution in [-0.4, -0.2) is 35.3 Å². The first-order valence-electron chi connectivity index (χ1n) is 17.8. The molecule has 0 saturated heterocycles. The molecule has 0 radical (unpaired) electrons. The molecule has 4 N–H and O–H groups in total. The zero-order valence-corrected chi connectivity index (χ0v) is 29.3. The van der Waals surface area contributed by atoms with E-state index in [1.54, 1.807) is 11.3 Å². The Hall–Kier alpha value is -7.23. The molecule has 0 aliphatic heterocycles. The van der Waals surface area contributed by atoms with E-state index in [0.29, 0.717) is 0 Å². The number of nitrogens with zero attached hydrogens (tertiary/aromatic N) is 3. The summed E-state index contributed by atoms with van der Waals surface area (Å²) < 4.78 is 8.01. The topological polar surface area (TPSA) is 115 Å². The minimum Gasteiger partial charge on any atom is -0.456 e. The van der Waals surface area contributed by atoms with Gasteiger partial charge < -0.3 is 14.4 Å². The predicted octanol–water partition coefficient (Wildman–Crippen LogP) is 12.1. The van der Waals surface area contributed by atoms with Crippen LogP contribution in [0.1, 0.15) is 0 Å². The third kappa shape index (κ3) is 4.27. The number of aromatic nitrogens is 7. The van der Waals surface area contributed by atoms with Crippen LogP contribution in [0.15, 0.2) is 144 Å². The monoisotopic (exact) mass is 713 g/mol. The van der Waals surface area contributed by atoms with E-state index in [0.717, 1.165) is 111 Å². The molecule has 0 bridgehead atoms. The maximum atomic E-state index is 6.81. The highest BCUT2D eigenvalue weighted by Crippen LogP contribution is 2.54. The van der Waals surface area contributed by atoms with Gasteiger partial charge in [0.25, 0.3) is 0 Å². The maximum absolute atomic E-state index is 6.81. The quantitative estimate of drug-likeness (QED) is 0.142. The summed E-state index contributed by atoms with van der Waals surface area (Å²) in [6, 6.07) is 48.1. The smallest absolute Gasteiger partial charge is 0.139 e. The first-order chi connectivity index (χ1) is 26.7. The third-order valence-electron chi connectivity index (χ3n) is 10.5. The lowest BCUT2D eigenvalue weighted by molar-refractivity contribution is 0.632. The van der Waals surface area contributed by atoms with E-state index in [4.69, 9.17) is 19.6 Å². The van der Waals surface area contributed by atoms with E-state index in [9.17, 15) is 0 Å². The first-order valence-corrected chi connectivity index (χ1v) is 18.6. The molecule has 0 atom stereocenters. The molecule has 0 unspecified atom stereocenters. The second-order valence-electron chi connectivity index (χ2n) is 13.6. The number of fused-ring (bicyclic) bond motifs is 6. The van der Waals surface area contributed by atoms with Crippen LogP contribution >= 0.6 is 11.3 Å². The Morgan fingerprint density at radius 2 is 1.28 bits per heavy atom. The average Bonchev–Trinajstić information content (AvgIpc) is 4.06. The predicted molar refractivity (Wildman–Crippen MR) is 220 cm³/mol. The van der Waals surface area contributed by atoms with E-state index in [1.165, 1.54) is 10.1 Å². The largest absolute Gasteiger partial charge is 0.456 e. The summed E-state index contributed by atoms with van der Waals surface area (Å²) in [5, 5.41) is 22.0. The van der Waals surface area contributed by atoms with Gasteiger partial charge in [0.1, 0.15) is 28.6 Å². The Morgan fingerprint density at radius 1 is 0.537 bits per heavy atom. The van der Waals surface area contributed by atoms with Gasteiger partial charge in [-0.05, 0) is 60.0 Å². The van der Waals surface area contributed by atoms with Crippen molar-refractivity contribution in [1.82, 2.24) is 35.3 Å². The van der Waals surface area contributed by atoms with E-state index < -0.39 is 0 Å². The van der Waals surface area contributed by atoms with E-state index >= 15 is 0 Å². The first kappa shape index (κ1) is 29.4. The van der Waals surface area contributed by atoms with Gasteiger partial charge in [0, 0.05) is 59.0 Å². The number of nitrogens with one attached hydrogen (secondary N) is 4. The number of benzene rings is 6. The van der Waals surface area contributed by atoms with Crippen LogP contribution in [0.2, 0.25) is 0 Å². The summed E-state index contributed by atoms with van der Waals surface area (Å²) in [6.07, 6.45) is 0. The van der Waals surface area contributed by atoms with Crippen LogP contribution in [0.3, 0.4) is 0 Å². The van der Waals surface area contributed by atoms with Crippen molar-refractivity contribution in [3.8, 4) is 55.8 Å². The Bertz CT molecular complexity index is 3290. The minimum atomic E-state index is 0.718. The van der Waals surface area contributed by atoms with Crippen LogP contribution in [0.4, 0.5) is 0 Å². The van der Waals surface area contributed by atoms with Crippen molar-refractivity contribution in [2.24, 2.45) is 0 Å². The molecule has 254 valence electrons. The maximum Gasteiger partial charge on any atom is 0.139 e. The van der Waals surface area contributed by atoms with Crippen LogP contribution in [0, 0.1) is 0 Å². The highest BCUT2D eigenvalue weighted by molar-refractivity contribution is 7.22. The van der Waals surface area contributed by atoms with Gasteiger partial charge in [-0.3, -0.25) is 10.2 Å². The van der Waals surface area contributed by atoms with Gasteiger partial charge in [-0.15, -0.1) is 11.3 Å². The van der Waals surface area contributed by atoms with Gasteiger partial charge in [-0.2, -0.15) is 10.2 Å². The molecular formula is C45H27N7OS. The number of H-pyrrole nitrogens is 4. The zero-order valence-electron chi connectivity index (χ0n) is 28.4. The van der Waals surface area contributed by atoms with Crippen molar-refractivity contribution < 1.29 is 4.42 Å². The van der Waals surface area contributed by atoms with Crippen molar-refractivity contribution >= 4 is 76.1 Å². The van der Waals surface area contributed by atoms with Gasteiger partial charge in [-0.25, -0.2) is 4.98 Å². The Kier molecular flexibility index (Phi) is 6.05. The zero-order chi connectivity index (χ0) is 35.3. The highest BCUT2D eigenvalue weighted by atomic mass is 32.1. The Labute approximate surface area is 310 Å². The highest BCUT2D eigenvalue weighted by Gasteiger charge is 2.32. The van der Waals surface area contributed by atoms with Gasteiger partial charge >= 0.3 is 0 Å². The molecule has 6 heterocycles. The molecule has 12 rings (SSSR count). The van der Waals surface area contributed by atoms with Crippen LogP contribution in [-0.2, 0) is 0 Å². The lowest BCUT2D eigenvalue weighted by atomic mass is 9.86. The number of para-hydroxylation sites is 5. The van der Waals surface area contributed by atoms with Crippen molar-refractivity contribution in [2.45, 2.75) is 0 Å². The normalized spacial score (nSPS) is 12.1. The molecular weight excluding hydrogens is 687 g/mol. The van der Waals surface area contributed by atoms with Crippen LogP contribution < -0.4 is 0 Å². The lowest BCUT2D eigenvalue weighted by Gasteiger charge is -2.18. The number of imidazole rings is 1. The van der Waals surface area contributed by atoms with Crippen molar-refractivity contribution in [2.75, 3.05) is 0 Å². The van der Waals surface area contributed by atoms with Crippen molar-refractivity contribution in [1.29, 1.82) is 0 Å². The van der Waals surface area contributed by atoms with E-state index in [-0.39, 0.29) is 0 Å². The molecule has 0 saturated carbocycles. The summed E-state index contributed by atoms with van der Waals surface area (Å²) in [4.78, 5) is 13.9.